The van der Waals surface area contributed by atoms with Crippen LogP contribution in [-0.2, 0) is 0 Å². The van der Waals surface area contributed by atoms with Crippen molar-refractivity contribution < 1.29 is 4.74 Å². The third kappa shape index (κ3) is 2.69. The third-order valence-electron chi connectivity index (χ3n) is 3.87. The van der Waals surface area contributed by atoms with Crippen molar-refractivity contribution in [3.8, 4) is 17.1 Å². The zero-order valence-corrected chi connectivity index (χ0v) is 14.2. The van der Waals surface area contributed by atoms with E-state index in [9.17, 15) is 0 Å². The van der Waals surface area contributed by atoms with Crippen LogP contribution in [0.25, 0.3) is 11.4 Å². The van der Waals surface area contributed by atoms with Gasteiger partial charge in [-0.15, -0.1) is 10.2 Å². The van der Waals surface area contributed by atoms with Crippen molar-refractivity contribution in [3.05, 3.63) is 59.7 Å². The first-order valence-electron chi connectivity index (χ1n) is 7.62. The van der Waals surface area contributed by atoms with E-state index >= 15 is 0 Å². The van der Waals surface area contributed by atoms with E-state index in [2.05, 4.69) is 29.3 Å². The van der Waals surface area contributed by atoms with Crippen molar-refractivity contribution in [1.29, 1.82) is 0 Å². The van der Waals surface area contributed by atoms with E-state index in [4.69, 9.17) is 9.84 Å². The van der Waals surface area contributed by atoms with Gasteiger partial charge in [-0.25, -0.2) is 0 Å². The van der Waals surface area contributed by atoms with Crippen LogP contribution in [0.4, 0.5) is 0 Å². The molecular weight excluding hydrogens is 320 g/mol. The highest BCUT2D eigenvalue weighted by atomic mass is 32.2. The molecule has 0 aliphatic carbocycles. The Morgan fingerprint density at radius 2 is 1.88 bits per heavy atom. The summed E-state index contributed by atoms with van der Waals surface area (Å²) in [5, 5.41) is 14.2. The van der Waals surface area contributed by atoms with Gasteiger partial charge in [0.2, 0.25) is 5.16 Å². The van der Waals surface area contributed by atoms with Crippen LogP contribution in [0, 0.1) is 6.92 Å². The molecule has 2 heterocycles. The van der Waals surface area contributed by atoms with E-state index < -0.39 is 0 Å². The summed E-state index contributed by atoms with van der Waals surface area (Å²) in [4.78, 5) is 0. The van der Waals surface area contributed by atoms with Gasteiger partial charge >= 0.3 is 0 Å². The Bertz CT molecular complexity index is 915. The zero-order chi connectivity index (χ0) is 16.5. The van der Waals surface area contributed by atoms with Crippen molar-refractivity contribution in [2.24, 2.45) is 5.10 Å². The summed E-state index contributed by atoms with van der Waals surface area (Å²) in [6.07, 6.45) is 0. The van der Waals surface area contributed by atoms with E-state index in [-0.39, 0.29) is 0 Å². The number of methoxy groups -OCH3 is 1. The summed E-state index contributed by atoms with van der Waals surface area (Å²) in [6.45, 7) is 2.07. The molecule has 0 N–H and O–H groups in total. The minimum atomic E-state index is 0.770. The molecule has 4 rings (SSSR count). The number of aryl methyl sites for hydroxylation is 1. The van der Waals surface area contributed by atoms with Crippen LogP contribution in [0.5, 0.6) is 5.75 Å². The highest BCUT2D eigenvalue weighted by Crippen LogP contribution is 2.29. The summed E-state index contributed by atoms with van der Waals surface area (Å²) >= 11 is 1.65. The Morgan fingerprint density at radius 3 is 2.62 bits per heavy atom. The zero-order valence-electron chi connectivity index (χ0n) is 13.4. The van der Waals surface area contributed by atoms with Gasteiger partial charge in [0.25, 0.3) is 0 Å². The molecule has 1 aromatic heterocycles. The minimum Gasteiger partial charge on any atom is -0.497 e. The molecule has 0 spiro atoms. The number of nitrogens with zero attached hydrogens (tertiary/aromatic N) is 4. The Balaban J connectivity index is 1.75. The molecular formula is C18H16N4OS. The molecule has 120 valence electrons. The molecule has 3 aromatic rings. The summed E-state index contributed by atoms with van der Waals surface area (Å²) < 4.78 is 7.05. The number of fused-ring (bicyclic) bond motifs is 1. The van der Waals surface area contributed by atoms with Gasteiger partial charge in [-0.2, -0.15) is 9.78 Å². The Kier molecular flexibility index (Phi) is 3.82. The largest absolute Gasteiger partial charge is 0.497 e. The lowest BCUT2D eigenvalue weighted by Gasteiger charge is -2.14. The summed E-state index contributed by atoms with van der Waals surface area (Å²) in [7, 11) is 1.67. The summed E-state index contributed by atoms with van der Waals surface area (Å²) in [6, 6.07) is 16.2. The smallest absolute Gasteiger partial charge is 0.212 e. The molecule has 1 aliphatic rings. The number of thioether (sulfide) groups is 1. The Labute approximate surface area is 144 Å². The quantitative estimate of drug-likeness (QED) is 0.733. The fourth-order valence-corrected chi connectivity index (χ4v) is 3.46. The second-order valence-corrected chi connectivity index (χ2v) is 6.49. The van der Waals surface area contributed by atoms with E-state index in [1.165, 1.54) is 5.56 Å². The molecule has 2 aromatic carbocycles. The number of hydrogen-bond acceptors (Lipinski definition) is 5. The fraction of sp³-hybridized carbons (Fsp3) is 0.167. The van der Waals surface area contributed by atoms with Gasteiger partial charge in [0, 0.05) is 11.3 Å². The standard InChI is InChI=1S/C18H16N4OS/c1-12-4-3-5-14(10-12)17-19-20-18-22(17)21-16(11-24-18)13-6-8-15(23-2)9-7-13/h3-10H,11H2,1-2H3. The first kappa shape index (κ1) is 15.0. The lowest BCUT2D eigenvalue weighted by Crippen LogP contribution is -2.13. The topological polar surface area (TPSA) is 52.3 Å². The van der Waals surface area contributed by atoms with E-state index in [0.29, 0.717) is 0 Å². The molecule has 0 unspecified atom stereocenters. The number of hydrogen-bond donors (Lipinski definition) is 0. The molecule has 0 atom stereocenters. The van der Waals surface area contributed by atoms with E-state index in [1.54, 1.807) is 18.9 Å². The molecule has 5 nitrogen and oxygen atoms in total. The molecule has 0 radical (unpaired) electrons. The SMILES string of the molecule is COc1ccc(C2=Nn3c(nnc3-c3cccc(C)c3)SC2)cc1. The molecule has 0 saturated carbocycles. The average Bonchev–Trinajstić information content (AvgIpc) is 3.05. The maximum atomic E-state index is 5.22. The normalized spacial score (nSPS) is 13.3. The van der Waals surface area contributed by atoms with Crippen molar-refractivity contribution in [2.75, 3.05) is 12.9 Å². The van der Waals surface area contributed by atoms with E-state index in [0.717, 1.165) is 39.3 Å². The van der Waals surface area contributed by atoms with Crippen LogP contribution in [0.3, 0.4) is 0 Å². The van der Waals surface area contributed by atoms with Gasteiger partial charge in [0.05, 0.1) is 12.8 Å². The van der Waals surface area contributed by atoms with Crippen LogP contribution in [0.2, 0.25) is 0 Å². The summed E-state index contributed by atoms with van der Waals surface area (Å²) in [5.74, 6) is 2.39. The molecule has 1 aliphatic heterocycles. The fourth-order valence-electron chi connectivity index (χ4n) is 2.62. The molecule has 24 heavy (non-hydrogen) atoms. The monoisotopic (exact) mass is 336 g/mol. The predicted octanol–water partition coefficient (Wildman–Crippen LogP) is 3.62. The molecule has 0 amide bonds. The van der Waals surface area contributed by atoms with Gasteiger partial charge in [-0.05, 0) is 42.8 Å². The van der Waals surface area contributed by atoms with Crippen molar-refractivity contribution in [1.82, 2.24) is 14.9 Å². The van der Waals surface area contributed by atoms with Gasteiger partial charge in [-0.3, -0.25) is 0 Å². The van der Waals surface area contributed by atoms with Crippen LogP contribution >= 0.6 is 11.8 Å². The van der Waals surface area contributed by atoms with Gasteiger partial charge in [-0.1, -0.05) is 35.5 Å². The van der Waals surface area contributed by atoms with Gasteiger partial charge in [0.15, 0.2) is 5.82 Å². The Morgan fingerprint density at radius 1 is 1.04 bits per heavy atom. The number of aromatic nitrogens is 3. The Hall–Kier alpha value is -2.60. The van der Waals surface area contributed by atoms with Crippen LogP contribution in [0.1, 0.15) is 11.1 Å². The average molecular weight is 336 g/mol. The highest BCUT2D eigenvalue weighted by Gasteiger charge is 2.20. The minimum absolute atomic E-state index is 0.770. The molecule has 0 saturated heterocycles. The number of benzene rings is 2. The second-order valence-electron chi connectivity index (χ2n) is 5.55. The molecule has 0 fully saturated rings. The molecule has 6 heteroatoms. The number of ether oxygens (including phenoxy) is 1. The molecule has 0 bridgehead atoms. The maximum absolute atomic E-state index is 5.22. The van der Waals surface area contributed by atoms with Crippen molar-refractivity contribution >= 4 is 17.5 Å². The van der Waals surface area contributed by atoms with Crippen LogP contribution < -0.4 is 4.74 Å². The van der Waals surface area contributed by atoms with E-state index in [1.807, 2.05) is 41.1 Å². The lowest BCUT2D eigenvalue weighted by molar-refractivity contribution is 0.415. The first-order chi connectivity index (χ1) is 11.7. The van der Waals surface area contributed by atoms with Gasteiger partial charge < -0.3 is 4.74 Å². The van der Waals surface area contributed by atoms with Crippen molar-refractivity contribution in [3.63, 3.8) is 0 Å². The van der Waals surface area contributed by atoms with Crippen molar-refractivity contribution in [2.45, 2.75) is 12.1 Å². The first-order valence-corrected chi connectivity index (χ1v) is 8.61. The lowest BCUT2D eigenvalue weighted by atomic mass is 10.1. The third-order valence-corrected chi connectivity index (χ3v) is 4.80. The van der Waals surface area contributed by atoms with Crippen LogP contribution in [-0.4, -0.2) is 33.4 Å². The highest BCUT2D eigenvalue weighted by molar-refractivity contribution is 7.99. The summed E-state index contributed by atoms with van der Waals surface area (Å²) in [5.41, 5.74) is 4.29. The van der Waals surface area contributed by atoms with Crippen LogP contribution in [0.15, 0.2) is 58.8 Å². The second kappa shape index (κ2) is 6.13. The van der Waals surface area contributed by atoms with Gasteiger partial charge in [0.1, 0.15) is 5.75 Å². The number of rotatable bonds is 3. The maximum Gasteiger partial charge on any atom is 0.212 e. The predicted molar refractivity (Wildman–Crippen MR) is 95.8 cm³/mol.